The molecule has 0 spiro atoms. The van der Waals surface area contributed by atoms with Gasteiger partial charge in [0, 0.05) is 17.1 Å². The highest BCUT2D eigenvalue weighted by Gasteiger charge is 2.28. The second kappa shape index (κ2) is 6.51. The van der Waals surface area contributed by atoms with Crippen LogP contribution in [-0.4, -0.2) is 18.1 Å². The molecule has 0 amide bonds. The van der Waals surface area contributed by atoms with E-state index < -0.39 is 0 Å². The van der Waals surface area contributed by atoms with E-state index >= 15 is 0 Å². The van der Waals surface area contributed by atoms with Gasteiger partial charge in [0.15, 0.2) is 0 Å². The van der Waals surface area contributed by atoms with Gasteiger partial charge in [-0.15, -0.1) is 0 Å². The highest BCUT2D eigenvalue weighted by atomic mass is 14.9. The average Bonchev–Trinajstić information content (AvgIpc) is 3.30. The van der Waals surface area contributed by atoms with Gasteiger partial charge in [-0.3, -0.25) is 0 Å². The summed E-state index contributed by atoms with van der Waals surface area (Å²) < 4.78 is 0. The number of aromatic nitrogens is 1. The van der Waals surface area contributed by atoms with Crippen LogP contribution in [0.3, 0.4) is 0 Å². The van der Waals surface area contributed by atoms with Gasteiger partial charge in [-0.05, 0) is 67.1 Å². The highest BCUT2D eigenvalue weighted by molar-refractivity contribution is 5.85. The van der Waals surface area contributed by atoms with Gasteiger partial charge in [0.2, 0.25) is 0 Å². The molecule has 4 rings (SSSR count). The number of nitriles is 1. The van der Waals surface area contributed by atoms with Crippen molar-refractivity contribution in [3.05, 3.63) is 71.4 Å². The van der Waals surface area contributed by atoms with E-state index in [4.69, 9.17) is 0 Å². The molecule has 1 aromatic heterocycles. The quantitative estimate of drug-likeness (QED) is 0.765. The van der Waals surface area contributed by atoms with Crippen molar-refractivity contribution >= 4 is 10.9 Å². The number of hydrogen-bond donors (Lipinski definition) is 2. The van der Waals surface area contributed by atoms with Crippen molar-refractivity contribution in [2.45, 2.75) is 18.8 Å². The Morgan fingerprint density at radius 2 is 2.04 bits per heavy atom. The maximum atomic E-state index is 9.24. The highest BCUT2D eigenvalue weighted by Crippen LogP contribution is 2.36. The SMILES string of the molecule is N#Cc1ccc2[nH]cc(C(Cc3ccccc3)C3CCNC3)c2c1. The second-order valence-electron chi connectivity index (χ2n) is 6.67. The lowest BCUT2D eigenvalue weighted by Crippen LogP contribution is -2.18. The summed E-state index contributed by atoms with van der Waals surface area (Å²) in [7, 11) is 0. The third kappa shape index (κ3) is 2.81. The number of rotatable bonds is 4. The topological polar surface area (TPSA) is 51.6 Å². The van der Waals surface area contributed by atoms with Gasteiger partial charge in [-0.2, -0.15) is 5.26 Å². The minimum absolute atomic E-state index is 0.463. The zero-order valence-corrected chi connectivity index (χ0v) is 13.6. The van der Waals surface area contributed by atoms with Gasteiger partial charge in [0.25, 0.3) is 0 Å². The Bertz CT molecular complexity index is 867. The molecule has 1 fully saturated rings. The van der Waals surface area contributed by atoms with E-state index in [0.29, 0.717) is 11.8 Å². The first kappa shape index (κ1) is 15.0. The van der Waals surface area contributed by atoms with Crippen LogP contribution in [0, 0.1) is 17.2 Å². The summed E-state index contributed by atoms with van der Waals surface area (Å²) in [6, 6.07) is 18.9. The molecule has 1 aliphatic heterocycles. The first-order valence-corrected chi connectivity index (χ1v) is 8.61. The fraction of sp³-hybridized carbons (Fsp3) is 0.286. The molecule has 3 heteroatoms. The van der Waals surface area contributed by atoms with Crippen molar-refractivity contribution in [2.24, 2.45) is 5.92 Å². The first-order chi connectivity index (χ1) is 11.8. The van der Waals surface area contributed by atoms with Crippen LogP contribution in [0.2, 0.25) is 0 Å². The Balaban J connectivity index is 1.76. The molecule has 0 bridgehead atoms. The molecule has 120 valence electrons. The van der Waals surface area contributed by atoms with Gasteiger partial charge in [-0.1, -0.05) is 30.3 Å². The summed E-state index contributed by atoms with van der Waals surface area (Å²) in [6.45, 7) is 2.17. The Morgan fingerprint density at radius 1 is 1.17 bits per heavy atom. The maximum Gasteiger partial charge on any atom is 0.0991 e. The standard InChI is InChI=1S/C21H21N3/c22-12-16-6-7-21-19(11-16)20(14-24-21)18(17-8-9-23-13-17)10-15-4-2-1-3-5-15/h1-7,11,14,17-18,23-24H,8-10,13H2. The van der Waals surface area contributed by atoms with Crippen molar-refractivity contribution in [3.63, 3.8) is 0 Å². The molecule has 2 aromatic carbocycles. The molecule has 1 aliphatic rings. The summed E-state index contributed by atoms with van der Waals surface area (Å²) in [4.78, 5) is 3.40. The number of H-pyrrole nitrogens is 1. The summed E-state index contributed by atoms with van der Waals surface area (Å²) in [5, 5.41) is 13.9. The van der Waals surface area contributed by atoms with E-state index in [-0.39, 0.29) is 0 Å². The van der Waals surface area contributed by atoms with E-state index in [1.165, 1.54) is 22.9 Å². The summed E-state index contributed by atoms with van der Waals surface area (Å²) in [6.07, 6.45) is 4.40. The Hall–Kier alpha value is -2.57. The van der Waals surface area contributed by atoms with Crippen LogP contribution in [0.5, 0.6) is 0 Å². The van der Waals surface area contributed by atoms with Crippen molar-refractivity contribution in [1.29, 1.82) is 5.26 Å². The Morgan fingerprint density at radius 3 is 2.79 bits per heavy atom. The Labute approximate surface area is 142 Å². The smallest absolute Gasteiger partial charge is 0.0991 e. The van der Waals surface area contributed by atoms with Gasteiger partial charge in [-0.25, -0.2) is 0 Å². The Kier molecular flexibility index (Phi) is 4.06. The van der Waals surface area contributed by atoms with Gasteiger partial charge in [0.05, 0.1) is 11.6 Å². The molecule has 0 radical (unpaired) electrons. The fourth-order valence-electron chi connectivity index (χ4n) is 3.94. The van der Waals surface area contributed by atoms with E-state index in [9.17, 15) is 5.26 Å². The number of benzene rings is 2. The van der Waals surface area contributed by atoms with Crippen LogP contribution in [0.1, 0.15) is 29.0 Å². The van der Waals surface area contributed by atoms with Crippen molar-refractivity contribution in [1.82, 2.24) is 10.3 Å². The van der Waals surface area contributed by atoms with Crippen LogP contribution >= 0.6 is 0 Å². The van der Waals surface area contributed by atoms with Crippen molar-refractivity contribution in [2.75, 3.05) is 13.1 Å². The van der Waals surface area contributed by atoms with Crippen LogP contribution in [-0.2, 0) is 6.42 Å². The predicted octanol–water partition coefficient (Wildman–Crippen LogP) is 3.98. The summed E-state index contributed by atoms with van der Waals surface area (Å²) in [5.41, 5.74) is 4.57. The third-order valence-corrected chi connectivity index (χ3v) is 5.21. The first-order valence-electron chi connectivity index (χ1n) is 8.61. The largest absolute Gasteiger partial charge is 0.361 e. The number of fused-ring (bicyclic) bond motifs is 1. The lowest BCUT2D eigenvalue weighted by molar-refractivity contribution is 0.457. The number of aromatic amines is 1. The zero-order chi connectivity index (χ0) is 16.4. The third-order valence-electron chi connectivity index (χ3n) is 5.21. The molecule has 2 heterocycles. The van der Waals surface area contributed by atoms with E-state index in [2.05, 4.69) is 52.9 Å². The molecule has 2 N–H and O–H groups in total. The van der Waals surface area contributed by atoms with E-state index in [0.717, 1.165) is 30.6 Å². The molecule has 0 aliphatic carbocycles. The molecule has 24 heavy (non-hydrogen) atoms. The van der Waals surface area contributed by atoms with Crippen LogP contribution < -0.4 is 5.32 Å². The minimum Gasteiger partial charge on any atom is -0.361 e. The van der Waals surface area contributed by atoms with Crippen molar-refractivity contribution < 1.29 is 0 Å². The number of hydrogen-bond acceptors (Lipinski definition) is 2. The molecule has 3 aromatic rings. The fourth-order valence-corrected chi connectivity index (χ4v) is 3.94. The predicted molar refractivity (Wildman–Crippen MR) is 96.9 cm³/mol. The van der Waals surface area contributed by atoms with Gasteiger partial charge in [0.1, 0.15) is 0 Å². The molecule has 3 nitrogen and oxygen atoms in total. The normalized spacial score (nSPS) is 18.5. The van der Waals surface area contributed by atoms with Crippen LogP contribution in [0.4, 0.5) is 0 Å². The second-order valence-corrected chi connectivity index (χ2v) is 6.67. The summed E-state index contributed by atoms with van der Waals surface area (Å²) >= 11 is 0. The lowest BCUT2D eigenvalue weighted by Gasteiger charge is -2.23. The summed E-state index contributed by atoms with van der Waals surface area (Å²) in [5.74, 6) is 1.10. The zero-order valence-electron chi connectivity index (χ0n) is 13.6. The monoisotopic (exact) mass is 315 g/mol. The molecule has 0 saturated carbocycles. The molecule has 2 atom stereocenters. The van der Waals surface area contributed by atoms with Crippen LogP contribution in [0.15, 0.2) is 54.7 Å². The maximum absolute atomic E-state index is 9.24. The molecule has 1 saturated heterocycles. The molecule has 2 unspecified atom stereocenters. The van der Waals surface area contributed by atoms with Gasteiger partial charge < -0.3 is 10.3 Å². The van der Waals surface area contributed by atoms with Gasteiger partial charge >= 0.3 is 0 Å². The number of nitrogens with zero attached hydrogens (tertiary/aromatic N) is 1. The minimum atomic E-state index is 0.463. The number of nitrogens with one attached hydrogen (secondary N) is 2. The average molecular weight is 315 g/mol. The molecular formula is C21H21N3. The van der Waals surface area contributed by atoms with E-state index in [1.54, 1.807) is 0 Å². The van der Waals surface area contributed by atoms with Crippen molar-refractivity contribution in [3.8, 4) is 6.07 Å². The lowest BCUT2D eigenvalue weighted by atomic mass is 9.81. The van der Waals surface area contributed by atoms with E-state index in [1.807, 2.05) is 18.2 Å². The molecular weight excluding hydrogens is 294 g/mol. The van der Waals surface area contributed by atoms with Crippen LogP contribution in [0.25, 0.3) is 10.9 Å².